The van der Waals surface area contributed by atoms with Crippen molar-refractivity contribution in [3.05, 3.63) is 102 Å². The predicted octanol–water partition coefficient (Wildman–Crippen LogP) is 4.17. The molecule has 0 atom stereocenters. The Morgan fingerprint density at radius 3 is 2.53 bits per heavy atom. The summed E-state index contributed by atoms with van der Waals surface area (Å²) < 4.78 is 0. The summed E-state index contributed by atoms with van der Waals surface area (Å²) in [4.78, 5) is 28.7. The molecular weight excluding hydrogens is 448 g/mol. The average Bonchev–Trinajstić information content (AvgIpc) is 2.92. The van der Waals surface area contributed by atoms with Crippen LogP contribution in [0, 0.1) is 6.92 Å². The topological polar surface area (TPSA) is 64.1 Å². The summed E-state index contributed by atoms with van der Waals surface area (Å²) in [5.74, 6) is -0.109. The van der Waals surface area contributed by atoms with Crippen molar-refractivity contribution < 1.29 is 4.79 Å². The lowest BCUT2D eigenvalue weighted by Gasteiger charge is -2.32. The second kappa shape index (κ2) is 10.8. The van der Waals surface area contributed by atoms with Crippen LogP contribution in [0.1, 0.15) is 27.0 Å². The molecule has 2 aromatic carbocycles. The van der Waals surface area contributed by atoms with E-state index in [0.717, 1.165) is 60.9 Å². The van der Waals surface area contributed by atoms with Crippen molar-refractivity contribution in [2.24, 2.45) is 4.99 Å². The second-order valence-corrected chi connectivity index (χ2v) is 9.44. The quantitative estimate of drug-likeness (QED) is 0.574. The number of carbonyl (C=O) groups excluding carboxylic acids is 1. The first-order valence-corrected chi connectivity index (χ1v) is 12.4. The number of pyridine rings is 1. The molecule has 1 amide bonds. The zero-order chi connectivity index (χ0) is 24.9. The number of hydrogen-bond donors (Lipinski definition) is 1. The van der Waals surface area contributed by atoms with Gasteiger partial charge < -0.3 is 15.1 Å². The average molecular weight is 481 g/mol. The number of allylic oxidation sites excluding steroid dienone is 1. The van der Waals surface area contributed by atoms with Gasteiger partial charge >= 0.3 is 0 Å². The Hall–Kier alpha value is -3.81. The summed E-state index contributed by atoms with van der Waals surface area (Å²) in [6.07, 6.45) is 7.60. The standard InChI is InChI=1S/C29H32N6O/c1-22-5-10-26(18-28(22)35-13-11-27(31-21-35)25-4-3-12-30-19-25)32-29(36)24-8-6-23(7-9-24)20-34-16-14-33(2)15-17-34/h3-13,18-19H,14-17,20-21H2,1-2H3,(H,32,36). The summed E-state index contributed by atoms with van der Waals surface area (Å²) in [6, 6.07) is 17.8. The second-order valence-electron chi connectivity index (χ2n) is 9.44. The van der Waals surface area contributed by atoms with E-state index in [9.17, 15) is 4.79 Å². The van der Waals surface area contributed by atoms with E-state index in [1.165, 1.54) is 5.56 Å². The summed E-state index contributed by atoms with van der Waals surface area (Å²) >= 11 is 0. The van der Waals surface area contributed by atoms with Crippen molar-refractivity contribution in [1.29, 1.82) is 0 Å². The number of nitrogens with zero attached hydrogens (tertiary/aromatic N) is 5. The summed E-state index contributed by atoms with van der Waals surface area (Å²) in [6.45, 7) is 7.86. The lowest BCUT2D eigenvalue weighted by molar-refractivity contribution is 0.102. The highest BCUT2D eigenvalue weighted by molar-refractivity contribution is 6.09. The number of aliphatic imine (C=N–C) groups is 1. The molecule has 0 radical (unpaired) electrons. The van der Waals surface area contributed by atoms with Crippen LogP contribution in [0.3, 0.4) is 0 Å². The number of amides is 1. The summed E-state index contributed by atoms with van der Waals surface area (Å²) in [7, 11) is 2.17. The van der Waals surface area contributed by atoms with E-state index in [0.29, 0.717) is 12.2 Å². The van der Waals surface area contributed by atoms with E-state index in [1.54, 1.807) is 6.20 Å². The number of piperazine rings is 1. The fourth-order valence-corrected chi connectivity index (χ4v) is 4.50. The number of likely N-dealkylation sites (N-methyl/N-ethyl adjacent to an activating group) is 1. The Labute approximate surface area is 212 Å². The van der Waals surface area contributed by atoms with Crippen LogP contribution in [-0.2, 0) is 6.54 Å². The van der Waals surface area contributed by atoms with Gasteiger partial charge in [-0.05, 0) is 67.6 Å². The molecule has 3 heterocycles. The fraction of sp³-hybridized carbons (Fsp3) is 0.276. The molecule has 1 fully saturated rings. The number of anilines is 2. The lowest BCUT2D eigenvalue weighted by Crippen LogP contribution is -2.43. The van der Waals surface area contributed by atoms with Gasteiger partial charge in [-0.15, -0.1) is 0 Å². The SMILES string of the molecule is Cc1ccc(NC(=O)c2ccc(CN3CCN(C)CC3)cc2)cc1N1C=CC(c2cccnc2)=NC1. The highest BCUT2D eigenvalue weighted by Crippen LogP contribution is 2.26. The molecule has 1 saturated heterocycles. The van der Waals surface area contributed by atoms with Gasteiger partial charge in [0.25, 0.3) is 5.91 Å². The molecule has 0 bridgehead atoms. The van der Waals surface area contributed by atoms with E-state index >= 15 is 0 Å². The monoisotopic (exact) mass is 480 g/mol. The Kier molecular flexibility index (Phi) is 7.21. The molecule has 3 aromatic rings. The molecular formula is C29H32N6O. The largest absolute Gasteiger partial charge is 0.328 e. The number of aryl methyl sites for hydroxylation is 1. The van der Waals surface area contributed by atoms with E-state index in [-0.39, 0.29) is 5.91 Å². The van der Waals surface area contributed by atoms with Gasteiger partial charge in [0.1, 0.15) is 6.67 Å². The molecule has 36 heavy (non-hydrogen) atoms. The van der Waals surface area contributed by atoms with Crippen LogP contribution in [-0.4, -0.2) is 66.3 Å². The zero-order valence-electron chi connectivity index (χ0n) is 20.9. The maximum atomic E-state index is 12.9. The minimum atomic E-state index is -0.109. The maximum Gasteiger partial charge on any atom is 0.255 e. The third kappa shape index (κ3) is 5.70. The summed E-state index contributed by atoms with van der Waals surface area (Å²) in [5.41, 5.74) is 6.70. The summed E-state index contributed by atoms with van der Waals surface area (Å²) in [5, 5.41) is 3.06. The van der Waals surface area contributed by atoms with Crippen molar-refractivity contribution >= 4 is 23.0 Å². The Bertz CT molecular complexity index is 1260. The maximum absolute atomic E-state index is 12.9. The fourth-order valence-electron chi connectivity index (χ4n) is 4.50. The first kappa shape index (κ1) is 23.9. The highest BCUT2D eigenvalue weighted by Gasteiger charge is 2.16. The van der Waals surface area contributed by atoms with E-state index in [1.807, 2.05) is 60.9 Å². The van der Waals surface area contributed by atoms with Crippen molar-refractivity contribution in [3.8, 4) is 0 Å². The Balaban J connectivity index is 1.22. The highest BCUT2D eigenvalue weighted by atomic mass is 16.1. The minimum absolute atomic E-state index is 0.109. The Morgan fingerprint density at radius 2 is 1.83 bits per heavy atom. The van der Waals surface area contributed by atoms with Crippen molar-refractivity contribution in [2.45, 2.75) is 13.5 Å². The number of rotatable bonds is 6. The van der Waals surface area contributed by atoms with Gasteiger partial charge in [0.2, 0.25) is 0 Å². The van der Waals surface area contributed by atoms with Crippen LogP contribution in [0.4, 0.5) is 11.4 Å². The third-order valence-electron chi connectivity index (χ3n) is 6.76. The van der Waals surface area contributed by atoms with Crippen LogP contribution in [0.15, 0.2) is 84.3 Å². The predicted molar refractivity (Wildman–Crippen MR) is 146 cm³/mol. The molecule has 7 heteroatoms. The van der Waals surface area contributed by atoms with Crippen LogP contribution in [0.5, 0.6) is 0 Å². The number of hydrogen-bond acceptors (Lipinski definition) is 6. The van der Waals surface area contributed by atoms with Crippen LogP contribution >= 0.6 is 0 Å². The molecule has 1 aromatic heterocycles. The molecule has 2 aliphatic rings. The molecule has 0 spiro atoms. The first-order valence-electron chi connectivity index (χ1n) is 12.4. The Morgan fingerprint density at radius 1 is 1.03 bits per heavy atom. The lowest BCUT2D eigenvalue weighted by atomic mass is 10.1. The van der Waals surface area contributed by atoms with Gasteiger partial charge in [0, 0.05) is 73.8 Å². The number of nitrogens with one attached hydrogen (secondary N) is 1. The van der Waals surface area contributed by atoms with Crippen LogP contribution in [0.25, 0.3) is 0 Å². The molecule has 5 rings (SSSR count). The van der Waals surface area contributed by atoms with Gasteiger partial charge in [-0.1, -0.05) is 18.2 Å². The van der Waals surface area contributed by atoms with Crippen LogP contribution in [0.2, 0.25) is 0 Å². The van der Waals surface area contributed by atoms with Crippen molar-refractivity contribution in [3.63, 3.8) is 0 Å². The normalized spacial score (nSPS) is 16.6. The minimum Gasteiger partial charge on any atom is -0.328 e. The molecule has 0 aliphatic carbocycles. The molecule has 1 N–H and O–H groups in total. The van der Waals surface area contributed by atoms with Crippen molar-refractivity contribution in [1.82, 2.24) is 14.8 Å². The number of aromatic nitrogens is 1. The molecule has 2 aliphatic heterocycles. The smallest absolute Gasteiger partial charge is 0.255 e. The van der Waals surface area contributed by atoms with E-state index < -0.39 is 0 Å². The van der Waals surface area contributed by atoms with Crippen LogP contribution < -0.4 is 10.2 Å². The first-order chi connectivity index (χ1) is 17.5. The molecule has 184 valence electrons. The molecule has 7 nitrogen and oxygen atoms in total. The van der Waals surface area contributed by atoms with E-state index in [2.05, 4.69) is 51.1 Å². The molecule has 0 unspecified atom stereocenters. The van der Waals surface area contributed by atoms with Gasteiger partial charge in [-0.3, -0.25) is 19.7 Å². The van der Waals surface area contributed by atoms with Gasteiger partial charge in [-0.2, -0.15) is 0 Å². The number of carbonyl (C=O) groups is 1. The van der Waals surface area contributed by atoms with Gasteiger partial charge in [0.15, 0.2) is 0 Å². The zero-order valence-corrected chi connectivity index (χ0v) is 20.9. The number of benzene rings is 2. The van der Waals surface area contributed by atoms with Gasteiger partial charge in [0.05, 0.1) is 5.71 Å². The van der Waals surface area contributed by atoms with Gasteiger partial charge in [-0.25, -0.2) is 0 Å². The molecule has 0 saturated carbocycles. The third-order valence-corrected chi connectivity index (χ3v) is 6.76. The van der Waals surface area contributed by atoms with Crippen molar-refractivity contribution in [2.75, 3.05) is 50.1 Å². The van der Waals surface area contributed by atoms with E-state index in [4.69, 9.17) is 4.99 Å².